The van der Waals surface area contributed by atoms with Crippen LogP contribution in [0.4, 0.5) is 5.00 Å². The molecule has 6 nitrogen and oxygen atoms in total. The highest BCUT2D eigenvalue weighted by molar-refractivity contribution is 7.16. The van der Waals surface area contributed by atoms with Crippen molar-refractivity contribution < 1.29 is 9.66 Å². The van der Waals surface area contributed by atoms with Crippen molar-refractivity contribution in [2.75, 3.05) is 6.61 Å². The topological polar surface area (TPSA) is 91.3 Å². The van der Waals surface area contributed by atoms with Gasteiger partial charge in [0.15, 0.2) is 0 Å². The van der Waals surface area contributed by atoms with E-state index in [9.17, 15) is 10.1 Å². The first-order chi connectivity index (χ1) is 6.94. The van der Waals surface area contributed by atoms with E-state index in [0.29, 0.717) is 6.61 Å². The number of nitrogens with two attached hydrogens (primary N) is 1. The van der Waals surface area contributed by atoms with Crippen LogP contribution < -0.4 is 10.5 Å². The number of thiazole rings is 1. The van der Waals surface area contributed by atoms with Gasteiger partial charge in [-0.1, -0.05) is 6.92 Å². The normalized spacial score (nSPS) is 14.6. The average molecular weight is 231 g/mol. The molecule has 1 aromatic rings. The van der Waals surface area contributed by atoms with Crippen LogP contribution in [0, 0.1) is 10.1 Å². The summed E-state index contributed by atoms with van der Waals surface area (Å²) in [7, 11) is 0. The maximum Gasteiger partial charge on any atom is 0.347 e. The van der Waals surface area contributed by atoms with E-state index in [4.69, 9.17) is 10.5 Å². The Hall–Kier alpha value is -1.21. The van der Waals surface area contributed by atoms with Gasteiger partial charge in [-0.3, -0.25) is 10.1 Å². The van der Waals surface area contributed by atoms with Gasteiger partial charge in [0.1, 0.15) is 12.8 Å². The second-order valence-electron chi connectivity index (χ2n) is 3.52. The summed E-state index contributed by atoms with van der Waals surface area (Å²) in [4.78, 5) is 13.6. The Morgan fingerprint density at radius 1 is 1.80 bits per heavy atom. The minimum atomic E-state index is -0.494. The first kappa shape index (κ1) is 11.9. The molecule has 0 spiro atoms. The van der Waals surface area contributed by atoms with E-state index in [1.54, 1.807) is 0 Å². The van der Waals surface area contributed by atoms with Crippen molar-refractivity contribution in [1.29, 1.82) is 0 Å². The Labute approximate surface area is 91.2 Å². The highest BCUT2D eigenvalue weighted by Crippen LogP contribution is 2.27. The zero-order valence-electron chi connectivity index (χ0n) is 8.60. The lowest BCUT2D eigenvalue weighted by atomic mass is 10.0. The summed E-state index contributed by atoms with van der Waals surface area (Å²) in [5, 5.41) is 10.6. The van der Waals surface area contributed by atoms with Crippen LogP contribution in [0.5, 0.6) is 5.19 Å². The van der Waals surface area contributed by atoms with E-state index in [1.165, 1.54) is 6.20 Å². The van der Waals surface area contributed by atoms with Crippen LogP contribution in [0.15, 0.2) is 6.20 Å². The lowest BCUT2D eigenvalue weighted by molar-refractivity contribution is -0.380. The van der Waals surface area contributed by atoms with Crippen molar-refractivity contribution in [3.8, 4) is 5.19 Å². The van der Waals surface area contributed by atoms with Crippen LogP contribution in [0.1, 0.15) is 20.3 Å². The molecule has 0 saturated carbocycles. The molecule has 15 heavy (non-hydrogen) atoms. The second kappa shape index (κ2) is 4.54. The Morgan fingerprint density at radius 3 is 2.93 bits per heavy atom. The quantitative estimate of drug-likeness (QED) is 0.613. The predicted molar refractivity (Wildman–Crippen MR) is 57.1 cm³/mol. The fourth-order valence-corrected chi connectivity index (χ4v) is 1.31. The van der Waals surface area contributed by atoms with Crippen molar-refractivity contribution in [2.45, 2.75) is 25.8 Å². The molecule has 0 fully saturated rings. The van der Waals surface area contributed by atoms with Gasteiger partial charge < -0.3 is 10.5 Å². The first-order valence-electron chi connectivity index (χ1n) is 4.46. The van der Waals surface area contributed by atoms with Crippen LogP contribution in [0.3, 0.4) is 0 Å². The Bertz CT molecular complexity index is 351. The Morgan fingerprint density at radius 2 is 2.47 bits per heavy atom. The molecular formula is C8H13N3O3S. The third-order valence-electron chi connectivity index (χ3n) is 1.99. The highest BCUT2D eigenvalue weighted by atomic mass is 32.1. The molecule has 0 aliphatic rings. The molecule has 1 unspecified atom stereocenters. The largest absolute Gasteiger partial charge is 0.468 e. The minimum Gasteiger partial charge on any atom is -0.468 e. The van der Waals surface area contributed by atoms with E-state index in [1.807, 2.05) is 13.8 Å². The monoisotopic (exact) mass is 231 g/mol. The molecule has 1 aromatic heterocycles. The molecule has 1 rings (SSSR count). The van der Waals surface area contributed by atoms with E-state index in [2.05, 4.69) is 4.98 Å². The standard InChI is InChI=1S/C8H13N3O3S/c1-3-8(2,9)5-14-7-10-4-6(15-7)11(12)13/h4H,3,5,9H2,1-2H3. The SMILES string of the molecule is CCC(C)(N)COc1ncc([N+](=O)[O-])s1. The number of hydrogen-bond acceptors (Lipinski definition) is 6. The first-order valence-corrected chi connectivity index (χ1v) is 5.28. The molecule has 0 aliphatic carbocycles. The van der Waals surface area contributed by atoms with Crippen LogP contribution in [0.2, 0.25) is 0 Å². The second-order valence-corrected chi connectivity index (χ2v) is 4.49. The fourth-order valence-electron chi connectivity index (χ4n) is 0.730. The number of nitrogens with zero attached hydrogens (tertiary/aromatic N) is 2. The molecular weight excluding hydrogens is 218 g/mol. The van der Waals surface area contributed by atoms with Crippen LogP contribution in [-0.2, 0) is 0 Å². The van der Waals surface area contributed by atoms with Crippen molar-refractivity contribution in [3.63, 3.8) is 0 Å². The number of ether oxygens (including phenoxy) is 1. The molecule has 0 bridgehead atoms. The maximum atomic E-state index is 10.4. The van der Waals surface area contributed by atoms with E-state index in [0.717, 1.165) is 17.8 Å². The van der Waals surface area contributed by atoms with Gasteiger partial charge in [-0.05, 0) is 24.7 Å². The van der Waals surface area contributed by atoms with Gasteiger partial charge in [0, 0.05) is 5.54 Å². The fraction of sp³-hybridized carbons (Fsp3) is 0.625. The number of nitro groups is 1. The summed E-state index contributed by atoms with van der Waals surface area (Å²) in [6.45, 7) is 4.11. The number of rotatable bonds is 5. The molecule has 1 atom stereocenters. The van der Waals surface area contributed by atoms with Crippen LogP contribution in [-0.4, -0.2) is 22.1 Å². The van der Waals surface area contributed by atoms with Gasteiger partial charge >= 0.3 is 5.00 Å². The summed E-state index contributed by atoms with van der Waals surface area (Å²) < 4.78 is 5.27. The molecule has 84 valence electrons. The average Bonchev–Trinajstić information content (AvgIpc) is 2.63. The van der Waals surface area contributed by atoms with Gasteiger partial charge in [-0.15, -0.1) is 0 Å². The summed E-state index contributed by atoms with van der Waals surface area (Å²) in [6, 6.07) is 0. The molecule has 1 heterocycles. The van der Waals surface area contributed by atoms with Gasteiger partial charge in [-0.2, -0.15) is 0 Å². The molecule has 0 aromatic carbocycles. The van der Waals surface area contributed by atoms with Crippen molar-refractivity contribution >= 4 is 16.3 Å². The lowest BCUT2D eigenvalue weighted by Crippen LogP contribution is -2.41. The highest BCUT2D eigenvalue weighted by Gasteiger charge is 2.19. The minimum absolute atomic E-state index is 0.0276. The summed E-state index contributed by atoms with van der Waals surface area (Å²) in [5.74, 6) is 0. The third kappa shape index (κ3) is 3.45. The molecule has 0 saturated heterocycles. The molecule has 0 aliphatic heterocycles. The Kier molecular flexibility index (Phi) is 3.59. The number of hydrogen-bond donors (Lipinski definition) is 1. The molecule has 0 radical (unpaired) electrons. The van der Waals surface area contributed by atoms with Crippen molar-refractivity contribution in [1.82, 2.24) is 4.98 Å². The van der Waals surface area contributed by atoms with Gasteiger partial charge in [-0.25, -0.2) is 4.98 Å². The summed E-state index contributed by atoms with van der Waals surface area (Å²) in [5.41, 5.74) is 5.42. The predicted octanol–water partition coefficient (Wildman–Crippen LogP) is 1.56. The zero-order chi connectivity index (χ0) is 11.5. The van der Waals surface area contributed by atoms with Gasteiger partial charge in [0.25, 0.3) is 5.19 Å². The zero-order valence-corrected chi connectivity index (χ0v) is 9.41. The van der Waals surface area contributed by atoms with E-state index in [-0.39, 0.29) is 10.2 Å². The summed E-state index contributed by atoms with van der Waals surface area (Å²) >= 11 is 0.904. The molecule has 2 N–H and O–H groups in total. The molecule has 7 heteroatoms. The Balaban J connectivity index is 2.55. The van der Waals surface area contributed by atoms with Gasteiger partial charge in [0.05, 0.1) is 4.92 Å². The maximum absolute atomic E-state index is 10.4. The van der Waals surface area contributed by atoms with Crippen molar-refractivity contribution in [2.24, 2.45) is 5.73 Å². The summed E-state index contributed by atoms with van der Waals surface area (Å²) in [6.07, 6.45) is 1.94. The number of aromatic nitrogens is 1. The van der Waals surface area contributed by atoms with E-state index >= 15 is 0 Å². The van der Waals surface area contributed by atoms with Crippen LogP contribution in [0.25, 0.3) is 0 Å². The van der Waals surface area contributed by atoms with Gasteiger partial charge in [0.2, 0.25) is 0 Å². The third-order valence-corrected chi connectivity index (χ3v) is 2.85. The lowest BCUT2D eigenvalue weighted by Gasteiger charge is -2.21. The molecule has 0 amide bonds. The van der Waals surface area contributed by atoms with Crippen LogP contribution >= 0.6 is 11.3 Å². The van der Waals surface area contributed by atoms with E-state index < -0.39 is 10.5 Å². The van der Waals surface area contributed by atoms with Crippen molar-refractivity contribution in [3.05, 3.63) is 16.3 Å². The smallest absolute Gasteiger partial charge is 0.347 e.